The molecule has 0 spiro atoms. The Kier molecular flexibility index (Phi) is 5.17. The van der Waals surface area contributed by atoms with Gasteiger partial charge in [-0.3, -0.25) is 4.90 Å². The van der Waals surface area contributed by atoms with Crippen LogP contribution in [0.2, 0.25) is 10.0 Å². The molecule has 0 aliphatic carbocycles. The van der Waals surface area contributed by atoms with Gasteiger partial charge in [0.2, 0.25) is 0 Å². The summed E-state index contributed by atoms with van der Waals surface area (Å²) in [5.41, 5.74) is 0.989. The van der Waals surface area contributed by atoms with Crippen molar-refractivity contribution in [1.29, 1.82) is 0 Å². The lowest BCUT2D eigenvalue weighted by Gasteiger charge is -2.16. The van der Waals surface area contributed by atoms with Crippen molar-refractivity contribution in [2.24, 2.45) is 0 Å². The van der Waals surface area contributed by atoms with Gasteiger partial charge in [0.15, 0.2) is 0 Å². The second-order valence-corrected chi connectivity index (χ2v) is 5.41. The van der Waals surface area contributed by atoms with Crippen LogP contribution in [0.4, 0.5) is 0 Å². The summed E-state index contributed by atoms with van der Waals surface area (Å²) in [7, 11) is 3.20. The monoisotopic (exact) mass is 328 g/mol. The number of benzene rings is 1. The Morgan fingerprint density at radius 1 is 1.33 bits per heavy atom. The van der Waals surface area contributed by atoms with Crippen LogP contribution in [0.5, 0.6) is 0 Å². The maximum Gasteiger partial charge on any atom is 0.377 e. The van der Waals surface area contributed by atoms with E-state index in [9.17, 15) is 4.79 Å². The van der Waals surface area contributed by atoms with Gasteiger partial charge in [-0.25, -0.2) is 14.5 Å². The third kappa shape index (κ3) is 4.42. The summed E-state index contributed by atoms with van der Waals surface area (Å²) < 4.78 is 6.11. The zero-order valence-electron chi connectivity index (χ0n) is 11.6. The van der Waals surface area contributed by atoms with E-state index < -0.39 is 5.97 Å². The highest BCUT2D eigenvalue weighted by molar-refractivity contribution is 6.34. The van der Waals surface area contributed by atoms with E-state index in [1.54, 1.807) is 10.7 Å². The third-order valence-electron chi connectivity index (χ3n) is 2.67. The van der Waals surface area contributed by atoms with Gasteiger partial charge in [0.25, 0.3) is 5.82 Å². The number of nitrogens with zero attached hydrogens (tertiary/aromatic N) is 4. The van der Waals surface area contributed by atoms with Gasteiger partial charge in [-0.1, -0.05) is 23.2 Å². The molecule has 0 saturated carbocycles. The highest BCUT2D eigenvalue weighted by Crippen LogP contribution is 2.19. The molecule has 0 bridgehead atoms. The molecule has 0 saturated heterocycles. The number of hydrogen-bond acceptors (Lipinski definition) is 5. The first kappa shape index (κ1) is 15.8. The minimum Gasteiger partial charge on any atom is -0.463 e. The molecule has 0 atom stereocenters. The number of hydrogen-bond donors (Lipinski definition) is 0. The fourth-order valence-corrected chi connectivity index (χ4v) is 2.43. The van der Waals surface area contributed by atoms with Crippen LogP contribution < -0.4 is 0 Å². The van der Waals surface area contributed by atoms with Crippen LogP contribution in [0.3, 0.4) is 0 Å². The molecule has 0 amide bonds. The van der Waals surface area contributed by atoms with Gasteiger partial charge in [0.1, 0.15) is 6.33 Å². The average molecular weight is 329 g/mol. The van der Waals surface area contributed by atoms with Crippen LogP contribution in [-0.2, 0) is 18.0 Å². The predicted molar refractivity (Wildman–Crippen MR) is 79.3 cm³/mol. The molecule has 21 heavy (non-hydrogen) atoms. The number of ether oxygens (including phenoxy) is 1. The van der Waals surface area contributed by atoms with E-state index in [1.807, 2.05) is 24.1 Å². The van der Waals surface area contributed by atoms with Crippen molar-refractivity contribution in [1.82, 2.24) is 19.7 Å². The Labute approximate surface area is 132 Å². The lowest BCUT2D eigenvalue weighted by atomic mass is 10.2. The van der Waals surface area contributed by atoms with E-state index in [0.717, 1.165) is 5.56 Å². The van der Waals surface area contributed by atoms with E-state index in [2.05, 4.69) is 14.8 Å². The maximum absolute atomic E-state index is 11.3. The van der Waals surface area contributed by atoms with Gasteiger partial charge in [-0.2, -0.15) is 0 Å². The van der Waals surface area contributed by atoms with E-state index in [4.69, 9.17) is 23.2 Å². The van der Waals surface area contributed by atoms with Crippen LogP contribution in [-0.4, -0.2) is 39.8 Å². The molecule has 112 valence electrons. The summed E-state index contributed by atoms with van der Waals surface area (Å²) in [6.07, 6.45) is 1.48. The minimum atomic E-state index is -0.557. The van der Waals surface area contributed by atoms with E-state index in [1.165, 1.54) is 13.4 Å². The number of carbonyl (C=O) groups is 1. The molecule has 1 aromatic carbocycles. The zero-order chi connectivity index (χ0) is 15.4. The van der Waals surface area contributed by atoms with E-state index in [-0.39, 0.29) is 5.82 Å². The first-order valence-corrected chi connectivity index (χ1v) is 6.85. The van der Waals surface area contributed by atoms with Crippen LogP contribution in [0.15, 0.2) is 24.5 Å². The largest absolute Gasteiger partial charge is 0.463 e. The molecule has 0 radical (unpaired) electrons. The molecular weight excluding hydrogens is 315 g/mol. The summed E-state index contributed by atoms with van der Waals surface area (Å²) in [5.74, 6) is -0.519. The highest BCUT2D eigenvalue weighted by Gasteiger charge is 2.12. The van der Waals surface area contributed by atoms with Crippen molar-refractivity contribution in [3.05, 3.63) is 46.0 Å². The summed E-state index contributed by atoms with van der Waals surface area (Å²) >= 11 is 11.9. The molecule has 0 fully saturated rings. The van der Waals surface area contributed by atoms with Crippen molar-refractivity contribution in [3.8, 4) is 0 Å². The normalized spacial score (nSPS) is 10.9. The molecule has 0 N–H and O–H groups in total. The van der Waals surface area contributed by atoms with Crippen molar-refractivity contribution in [3.63, 3.8) is 0 Å². The fraction of sp³-hybridized carbons (Fsp3) is 0.308. The smallest absolute Gasteiger partial charge is 0.377 e. The summed E-state index contributed by atoms with van der Waals surface area (Å²) in [4.78, 5) is 17.1. The molecule has 2 rings (SSSR count). The summed E-state index contributed by atoms with van der Waals surface area (Å²) in [6, 6.07) is 5.39. The van der Waals surface area contributed by atoms with E-state index >= 15 is 0 Å². The van der Waals surface area contributed by atoms with Crippen molar-refractivity contribution in [2.45, 2.75) is 13.2 Å². The molecule has 0 aliphatic heterocycles. The lowest BCUT2D eigenvalue weighted by Crippen LogP contribution is -2.22. The van der Waals surface area contributed by atoms with Crippen LogP contribution in [0, 0.1) is 0 Å². The Hall–Kier alpha value is -1.63. The van der Waals surface area contributed by atoms with Crippen LogP contribution in [0.1, 0.15) is 16.2 Å². The van der Waals surface area contributed by atoms with Gasteiger partial charge in [0, 0.05) is 16.6 Å². The Balaban J connectivity index is 1.99. The van der Waals surface area contributed by atoms with Crippen molar-refractivity contribution < 1.29 is 9.53 Å². The van der Waals surface area contributed by atoms with Gasteiger partial charge in [0.05, 0.1) is 13.8 Å². The first-order chi connectivity index (χ1) is 9.97. The fourth-order valence-electron chi connectivity index (χ4n) is 1.86. The first-order valence-electron chi connectivity index (χ1n) is 6.09. The molecule has 1 heterocycles. The second-order valence-electron chi connectivity index (χ2n) is 4.53. The molecule has 1 aromatic heterocycles. The van der Waals surface area contributed by atoms with Crippen LogP contribution >= 0.6 is 23.2 Å². The number of esters is 1. The quantitative estimate of drug-likeness (QED) is 0.789. The van der Waals surface area contributed by atoms with Crippen molar-refractivity contribution >= 4 is 29.2 Å². The molecular formula is C13H14Cl2N4O2. The average Bonchev–Trinajstić information content (AvgIpc) is 2.84. The predicted octanol–water partition coefficient (Wildman–Crippen LogP) is 2.46. The minimum absolute atomic E-state index is 0.0386. The molecule has 2 aromatic rings. The van der Waals surface area contributed by atoms with Gasteiger partial charge < -0.3 is 4.74 Å². The number of halogens is 2. The van der Waals surface area contributed by atoms with E-state index in [0.29, 0.717) is 23.3 Å². The standard InChI is InChI=1S/C13H14Cl2N4O2/c1-18(6-9-3-10(14)5-11(15)4-9)8-19-7-16-12(17-19)13(20)21-2/h3-5,7H,6,8H2,1-2H3. The number of methoxy groups -OCH3 is 1. The SMILES string of the molecule is COC(=O)c1ncn(CN(C)Cc2cc(Cl)cc(Cl)c2)n1. The molecule has 8 heteroatoms. The van der Waals surface area contributed by atoms with Gasteiger partial charge in [-0.05, 0) is 30.8 Å². The highest BCUT2D eigenvalue weighted by atomic mass is 35.5. The summed E-state index contributed by atoms with van der Waals surface area (Å²) in [5, 5.41) is 5.23. The third-order valence-corrected chi connectivity index (χ3v) is 3.10. The van der Waals surface area contributed by atoms with Gasteiger partial charge in [-0.15, -0.1) is 5.10 Å². The molecule has 0 unspecified atom stereocenters. The Bertz CT molecular complexity index is 625. The Morgan fingerprint density at radius 2 is 2.00 bits per heavy atom. The number of carbonyl (C=O) groups excluding carboxylic acids is 1. The number of rotatable bonds is 5. The molecule has 0 aliphatic rings. The zero-order valence-corrected chi connectivity index (χ0v) is 13.1. The topological polar surface area (TPSA) is 60.2 Å². The molecule has 6 nitrogen and oxygen atoms in total. The summed E-state index contributed by atoms with van der Waals surface area (Å²) in [6.45, 7) is 1.10. The van der Waals surface area contributed by atoms with Crippen LogP contribution in [0.25, 0.3) is 0 Å². The lowest BCUT2D eigenvalue weighted by molar-refractivity contribution is 0.0585. The Morgan fingerprint density at radius 3 is 2.62 bits per heavy atom. The number of aromatic nitrogens is 3. The van der Waals surface area contributed by atoms with Gasteiger partial charge >= 0.3 is 5.97 Å². The maximum atomic E-state index is 11.3. The van der Waals surface area contributed by atoms with Crippen molar-refractivity contribution in [2.75, 3.05) is 14.2 Å². The second kappa shape index (κ2) is 6.89.